The van der Waals surface area contributed by atoms with Crippen LogP contribution < -0.4 is 0 Å². The fourth-order valence-corrected chi connectivity index (χ4v) is 2.71. The van der Waals surface area contributed by atoms with Crippen LogP contribution in [-0.4, -0.2) is 20.3 Å². The van der Waals surface area contributed by atoms with Crippen LogP contribution in [-0.2, 0) is 13.5 Å². The maximum absolute atomic E-state index is 10.6. The lowest BCUT2D eigenvalue weighted by Crippen LogP contribution is -2.40. The van der Waals surface area contributed by atoms with Crippen LogP contribution >= 0.6 is 0 Å². The summed E-state index contributed by atoms with van der Waals surface area (Å²) in [6.45, 7) is 4.53. The fraction of sp³-hybridized carbons (Fsp3) is 0.769. The van der Waals surface area contributed by atoms with Gasteiger partial charge in [0.05, 0.1) is 5.60 Å². The largest absolute Gasteiger partial charge is 0.389 e. The highest BCUT2D eigenvalue weighted by molar-refractivity contribution is 5.00. The molecular weight excluding hydrogens is 200 g/mol. The molecule has 1 fully saturated rings. The number of aliphatic hydroxyl groups is 1. The number of aromatic nitrogens is 2. The molecule has 0 aromatic carbocycles. The van der Waals surface area contributed by atoms with Gasteiger partial charge in [0, 0.05) is 25.9 Å². The quantitative estimate of drug-likeness (QED) is 0.832. The van der Waals surface area contributed by atoms with E-state index in [0.29, 0.717) is 12.3 Å². The molecule has 3 heteroatoms. The Morgan fingerprint density at radius 3 is 2.81 bits per heavy atom. The molecule has 0 spiro atoms. The van der Waals surface area contributed by atoms with E-state index in [1.165, 1.54) is 0 Å². The van der Waals surface area contributed by atoms with E-state index in [4.69, 9.17) is 0 Å². The first-order chi connectivity index (χ1) is 7.50. The first-order valence-corrected chi connectivity index (χ1v) is 6.19. The second-order valence-electron chi connectivity index (χ2n) is 5.55. The lowest BCUT2D eigenvalue weighted by molar-refractivity contribution is -0.0298. The Kier molecular flexibility index (Phi) is 3.06. The molecule has 0 aliphatic heterocycles. The second kappa shape index (κ2) is 4.21. The minimum atomic E-state index is -0.537. The fourth-order valence-electron chi connectivity index (χ4n) is 2.71. The summed E-state index contributed by atoms with van der Waals surface area (Å²) in [4.78, 5) is 4.30. The number of imidazole rings is 1. The average Bonchev–Trinajstić information content (AvgIpc) is 2.59. The molecule has 1 aromatic heterocycles. The van der Waals surface area contributed by atoms with E-state index in [1.54, 1.807) is 6.20 Å². The Morgan fingerprint density at radius 2 is 2.25 bits per heavy atom. The van der Waals surface area contributed by atoms with Gasteiger partial charge in [0.15, 0.2) is 0 Å². The van der Waals surface area contributed by atoms with Crippen molar-refractivity contribution < 1.29 is 5.11 Å². The van der Waals surface area contributed by atoms with Gasteiger partial charge in [-0.3, -0.25) is 0 Å². The summed E-state index contributed by atoms with van der Waals surface area (Å²) in [6.07, 6.45) is 7.36. The van der Waals surface area contributed by atoms with Gasteiger partial charge in [0.25, 0.3) is 0 Å². The summed E-state index contributed by atoms with van der Waals surface area (Å²) in [5, 5.41) is 10.6. The predicted octanol–water partition coefficient (Wildman–Crippen LogP) is 2.15. The number of rotatable bonds is 2. The molecule has 3 unspecified atom stereocenters. The smallest absolute Gasteiger partial charge is 0.111 e. The summed E-state index contributed by atoms with van der Waals surface area (Å²) < 4.78 is 2.00. The van der Waals surface area contributed by atoms with Gasteiger partial charge < -0.3 is 9.67 Å². The molecule has 1 aliphatic carbocycles. The molecule has 3 atom stereocenters. The molecule has 0 radical (unpaired) electrons. The highest BCUT2D eigenvalue weighted by Crippen LogP contribution is 2.37. The highest BCUT2D eigenvalue weighted by Gasteiger charge is 2.36. The summed E-state index contributed by atoms with van der Waals surface area (Å²) in [7, 11) is 1.99. The van der Waals surface area contributed by atoms with Crippen molar-refractivity contribution >= 4 is 0 Å². The maximum atomic E-state index is 10.6. The van der Waals surface area contributed by atoms with Crippen molar-refractivity contribution in [1.82, 2.24) is 9.55 Å². The number of aryl methyl sites for hydroxylation is 1. The summed E-state index contributed by atoms with van der Waals surface area (Å²) in [6, 6.07) is 0. The third-order valence-electron chi connectivity index (χ3n) is 4.15. The molecular formula is C13H22N2O. The van der Waals surface area contributed by atoms with Gasteiger partial charge in [-0.15, -0.1) is 0 Å². The zero-order chi connectivity index (χ0) is 11.8. The molecule has 90 valence electrons. The first kappa shape index (κ1) is 11.6. The maximum Gasteiger partial charge on any atom is 0.111 e. The van der Waals surface area contributed by atoms with Crippen molar-refractivity contribution in [2.24, 2.45) is 18.9 Å². The van der Waals surface area contributed by atoms with Crippen LogP contribution in [0.25, 0.3) is 0 Å². The van der Waals surface area contributed by atoms with Crippen LogP contribution in [0.3, 0.4) is 0 Å². The predicted molar refractivity (Wildman–Crippen MR) is 64.0 cm³/mol. The average molecular weight is 222 g/mol. The third-order valence-corrected chi connectivity index (χ3v) is 4.15. The highest BCUT2D eigenvalue weighted by atomic mass is 16.3. The summed E-state index contributed by atoms with van der Waals surface area (Å²) >= 11 is 0. The van der Waals surface area contributed by atoms with E-state index in [2.05, 4.69) is 18.8 Å². The van der Waals surface area contributed by atoms with Gasteiger partial charge in [-0.2, -0.15) is 0 Å². The topological polar surface area (TPSA) is 38.1 Å². The molecule has 2 rings (SSSR count). The molecule has 3 nitrogen and oxygen atoms in total. The minimum absolute atomic E-state index is 0.537. The SMILES string of the molecule is CC1CCC(O)(Cc2nccn2C)CC1C. The summed E-state index contributed by atoms with van der Waals surface area (Å²) in [5.41, 5.74) is -0.537. The first-order valence-electron chi connectivity index (χ1n) is 6.19. The van der Waals surface area contributed by atoms with Crippen molar-refractivity contribution in [2.45, 2.75) is 45.1 Å². The molecule has 1 aliphatic rings. The van der Waals surface area contributed by atoms with Crippen LogP contribution in [0.15, 0.2) is 12.4 Å². The van der Waals surface area contributed by atoms with E-state index >= 15 is 0 Å². The zero-order valence-corrected chi connectivity index (χ0v) is 10.5. The van der Waals surface area contributed by atoms with Crippen LogP contribution in [0.2, 0.25) is 0 Å². The third kappa shape index (κ3) is 2.29. The molecule has 1 N–H and O–H groups in total. The lowest BCUT2D eigenvalue weighted by Gasteiger charge is -2.38. The van der Waals surface area contributed by atoms with Gasteiger partial charge in [-0.25, -0.2) is 4.98 Å². The lowest BCUT2D eigenvalue weighted by atomic mass is 9.72. The van der Waals surface area contributed by atoms with E-state index in [0.717, 1.165) is 31.0 Å². The molecule has 0 bridgehead atoms. The van der Waals surface area contributed by atoms with Crippen LogP contribution in [0.1, 0.15) is 38.9 Å². The Bertz CT molecular complexity index is 361. The molecule has 16 heavy (non-hydrogen) atoms. The molecule has 1 aromatic rings. The number of hydrogen-bond donors (Lipinski definition) is 1. The van der Waals surface area contributed by atoms with Crippen molar-refractivity contribution in [2.75, 3.05) is 0 Å². The van der Waals surface area contributed by atoms with Gasteiger partial charge in [0.2, 0.25) is 0 Å². The Hall–Kier alpha value is -0.830. The van der Waals surface area contributed by atoms with Gasteiger partial charge in [-0.1, -0.05) is 13.8 Å². The zero-order valence-electron chi connectivity index (χ0n) is 10.5. The van der Waals surface area contributed by atoms with Gasteiger partial charge in [-0.05, 0) is 31.1 Å². The monoisotopic (exact) mass is 222 g/mol. The standard InChI is InChI=1S/C13H22N2O/c1-10-4-5-13(16,8-11(10)2)9-12-14-6-7-15(12)3/h6-7,10-11,16H,4-5,8-9H2,1-3H3. The molecule has 0 saturated heterocycles. The van der Waals surface area contributed by atoms with E-state index in [1.807, 2.05) is 17.8 Å². The van der Waals surface area contributed by atoms with Crippen molar-refractivity contribution in [3.8, 4) is 0 Å². The Balaban J connectivity index is 2.06. The van der Waals surface area contributed by atoms with Crippen LogP contribution in [0.5, 0.6) is 0 Å². The van der Waals surface area contributed by atoms with Crippen molar-refractivity contribution in [3.05, 3.63) is 18.2 Å². The van der Waals surface area contributed by atoms with E-state index in [9.17, 15) is 5.11 Å². The molecule has 1 heterocycles. The summed E-state index contributed by atoms with van der Waals surface area (Å²) in [5.74, 6) is 2.34. The Morgan fingerprint density at radius 1 is 1.50 bits per heavy atom. The molecule has 1 saturated carbocycles. The van der Waals surface area contributed by atoms with E-state index in [-0.39, 0.29) is 0 Å². The number of nitrogens with zero attached hydrogens (tertiary/aromatic N) is 2. The molecule has 0 amide bonds. The van der Waals surface area contributed by atoms with Crippen LogP contribution in [0.4, 0.5) is 0 Å². The van der Waals surface area contributed by atoms with Crippen molar-refractivity contribution in [3.63, 3.8) is 0 Å². The van der Waals surface area contributed by atoms with Gasteiger partial charge >= 0.3 is 0 Å². The Labute approximate surface area is 97.5 Å². The van der Waals surface area contributed by atoms with Crippen molar-refractivity contribution in [1.29, 1.82) is 0 Å². The van der Waals surface area contributed by atoms with E-state index < -0.39 is 5.60 Å². The van der Waals surface area contributed by atoms with Gasteiger partial charge in [0.1, 0.15) is 5.82 Å². The number of hydrogen-bond acceptors (Lipinski definition) is 2. The normalized spacial score (nSPS) is 35.2. The van der Waals surface area contributed by atoms with Crippen LogP contribution in [0, 0.1) is 11.8 Å². The minimum Gasteiger partial charge on any atom is -0.389 e. The second-order valence-corrected chi connectivity index (χ2v) is 5.55.